The Balaban J connectivity index is 2.25. The van der Waals surface area contributed by atoms with E-state index in [4.69, 9.17) is 0 Å². The molecule has 0 aliphatic heterocycles. The van der Waals surface area contributed by atoms with Crippen LogP contribution in [0.15, 0.2) is 34.9 Å². The van der Waals surface area contributed by atoms with Crippen molar-refractivity contribution < 1.29 is 0 Å². The summed E-state index contributed by atoms with van der Waals surface area (Å²) in [5.41, 5.74) is 2.20. The lowest BCUT2D eigenvalue weighted by molar-refractivity contribution is 0.772. The average Bonchev–Trinajstić information content (AvgIpc) is 2.68. The maximum atomic E-state index is 4.27. The number of nitrogens with zero attached hydrogens (tertiary/aromatic N) is 1. The van der Waals surface area contributed by atoms with E-state index >= 15 is 0 Å². The van der Waals surface area contributed by atoms with Crippen molar-refractivity contribution in [2.75, 3.05) is 7.05 Å². The normalized spacial score (nSPS) is 10.5. The van der Waals surface area contributed by atoms with E-state index in [-0.39, 0.29) is 0 Å². The summed E-state index contributed by atoms with van der Waals surface area (Å²) in [5, 5.41) is 3.06. The molecule has 3 nitrogen and oxygen atoms in total. The number of benzene rings is 1. The number of halogens is 1. The van der Waals surface area contributed by atoms with Crippen molar-refractivity contribution >= 4 is 15.9 Å². The third kappa shape index (κ3) is 2.46. The van der Waals surface area contributed by atoms with E-state index in [1.165, 1.54) is 0 Å². The van der Waals surface area contributed by atoms with Crippen LogP contribution in [-0.2, 0) is 6.54 Å². The van der Waals surface area contributed by atoms with Crippen LogP contribution in [0.4, 0.5) is 0 Å². The Bertz CT molecular complexity index is 433. The summed E-state index contributed by atoms with van der Waals surface area (Å²) in [6.07, 6.45) is 1.86. The minimum atomic E-state index is 0.760. The van der Waals surface area contributed by atoms with Crippen LogP contribution in [0.1, 0.15) is 5.82 Å². The van der Waals surface area contributed by atoms with Crippen molar-refractivity contribution in [2.45, 2.75) is 6.54 Å². The SMILES string of the molecule is CNCc1ncc(-c2ccc(Br)cc2)[nH]1. The first-order valence-corrected chi connectivity index (χ1v) is 5.53. The Labute approximate surface area is 97.1 Å². The van der Waals surface area contributed by atoms with Crippen LogP contribution in [0, 0.1) is 0 Å². The van der Waals surface area contributed by atoms with Crippen LogP contribution >= 0.6 is 15.9 Å². The Morgan fingerprint density at radius 2 is 2.07 bits per heavy atom. The fourth-order valence-corrected chi connectivity index (χ4v) is 1.66. The molecular weight excluding hydrogens is 254 g/mol. The first-order chi connectivity index (χ1) is 7.29. The van der Waals surface area contributed by atoms with Gasteiger partial charge in [0.05, 0.1) is 18.4 Å². The minimum absolute atomic E-state index is 0.760. The molecule has 2 rings (SSSR count). The summed E-state index contributed by atoms with van der Waals surface area (Å²) in [6, 6.07) is 8.16. The van der Waals surface area contributed by atoms with E-state index in [9.17, 15) is 0 Å². The summed E-state index contributed by atoms with van der Waals surface area (Å²) in [4.78, 5) is 7.54. The minimum Gasteiger partial charge on any atom is -0.341 e. The number of aromatic nitrogens is 2. The van der Waals surface area contributed by atoms with Gasteiger partial charge < -0.3 is 10.3 Å². The van der Waals surface area contributed by atoms with Gasteiger partial charge in [0.2, 0.25) is 0 Å². The van der Waals surface area contributed by atoms with Gasteiger partial charge in [0.1, 0.15) is 5.82 Å². The average molecular weight is 266 g/mol. The van der Waals surface area contributed by atoms with E-state index < -0.39 is 0 Å². The van der Waals surface area contributed by atoms with E-state index in [2.05, 4.69) is 43.3 Å². The molecule has 1 aromatic heterocycles. The third-order valence-corrected chi connectivity index (χ3v) is 2.66. The molecule has 1 heterocycles. The maximum absolute atomic E-state index is 4.27. The van der Waals surface area contributed by atoms with Crippen molar-refractivity contribution in [2.24, 2.45) is 0 Å². The van der Waals surface area contributed by atoms with Crippen LogP contribution < -0.4 is 5.32 Å². The zero-order chi connectivity index (χ0) is 10.7. The summed E-state index contributed by atoms with van der Waals surface area (Å²) >= 11 is 3.41. The molecule has 78 valence electrons. The molecule has 0 unspecified atom stereocenters. The van der Waals surface area contributed by atoms with Crippen LogP contribution in [0.3, 0.4) is 0 Å². The van der Waals surface area contributed by atoms with Crippen molar-refractivity contribution in [3.05, 3.63) is 40.8 Å². The molecule has 0 atom stereocenters. The first kappa shape index (κ1) is 10.4. The first-order valence-electron chi connectivity index (χ1n) is 4.74. The van der Waals surface area contributed by atoms with Gasteiger partial charge in [-0.25, -0.2) is 4.98 Å². The molecule has 15 heavy (non-hydrogen) atoms. The lowest BCUT2D eigenvalue weighted by Crippen LogP contribution is -2.06. The molecule has 0 aliphatic carbocycles. The van der Waals surface area contributed by atoms with Gasteiger partial charge in [-0.3, -0.25) is 0 Å². The Morgan fingerprint density at radius 3 is 2.73 bits per heavy atom. The lowest BCUT2D eigenvalue weighted by atomic mass is 10.2. The Hall–Kier alpha value is -1.13. The van der Waals surface area contributed by atoms with Crippen molar-refractivity contribution in [1.82, 2.24) is 15.3 Å². The van der Waals surface area contributed by atoms with Crippen LogP contribution in [0.25, 0.3) is 11.3 Å². The van der Waals surface area contributed by atoms with Crippen molar-refractivity contribution in [3.63, 3.8) is 0 Å². The zero-order valence-corrected chi connectivity index (χ0v) is 10.0. The Kier molecular flexibility index (Phi) is 3.18. The molecule has 0 fully saturated rings. The fraction of sp³-hybridized carbons (Fsp3) is 0.182. The van der Waals surface area contributed by atoms with Gasteiger partial charge in [0.15, 0.2) is 0 Å². The van der Waals surface area contributed by atoms with Gasteiger partial charge >= 0.3 is 0 Å². The van der Waals surface area contributed by atoms with Gasteiger partial charge in [-0.1, -0.05) is 28.1 Å². The number of H-pyrrole nitrogens is 1. The van der Waals surface area contributed by atoms with E-state index in [0.717, 1.165) is 28.1 Å². The highest BCUT2D eigenvalue weighted by Crippen LogP contribution is 2.19. The van der Waals surface area contributed by atoms with Gasteiger partial charge in [0, 0.05) is 4.47 Å². The highest BCUT2D eigenvalue weighted by atomic mass is 79.9. The quantitative estimate of drug-likeness (QED) is 0.896. The topological polar surface area (TPSA) is 40.7 Å². The second-order valence-electron chi connectivity index (χ2n) is 3.28. The van der Waals surface area contributed by atoms with Crippen molar-refractivity contribution in [3.8, 4) is 11.3 Å². The molecule has 0 saturated carbocycles. The molecule has 0 bridgehead atoms. The molecule has 1 aromatic carbocycles. The summed E-state index contributed by atoms with van der Waals surface area (Å²) in [6.45, 7) is 0.760. The number of hydrogen-bond acceptors (Lipinski definition) is 2. The number of imidazole rings is 1. The number of rotatable bonds is 3. The second-order valence-corrected chi connectivity index (χ2v) is 4.20. The summed E-state index contributed by atoms with van der Waals surface area (Å²) in [5.74, 6) is 0.954. The molecule has 0 radical (unpaired) electrons. The highest BCUT2D eigenvalue weighted by molar-refractivity contribution is 9.10. The fourth-order valence-electron chi connectivity index (χ4n) is 1.40. The smallest absolute Gasteiger partial charge is 0.120 e. The lowest BCUT2D eigenvalue weighted by Gasteiger charge is -1.97. The molecule has 0 aliphatic rings. The maximum Gasteiger partial charge on any atom is 0.120 e. The van der Waals surface area contributed by atoms with Gasteiger partial charge in [-0.2, -0.15) is 0 Å². The van der Waals surface area contributed by atoms with Crippen molar-refractivity contribution in [1.29, 1.82) is 0 Å². The largest absolute Gasteiger partial charge is 0.341 e. The molecule has 2 aromatic rings. The van der Waals surface area contributed by atoms with Crippen LogP contribution in [0.5, 0.6) is 0 Å². The molecule has 2 N–H and O–H groups in total. The standard InChI is InChI=1S/C11H12BrN3/c1-13-7-11-14-6-10(15-11)8-2-4-9(12)5-3-8/h2-6,13H,7H2,1H3,(H,14,15). The van der Waals surface area contributed by atoms with Gasteiger partial charge in [-0.05, 0) is 24.7 Å². The Morgan fingerprint density at radius 1 is 1.33 bits per heavy atom. The summed E-state index contributed by atoms with van der Waals surface area (Å²) in [7, 11) is 1.90. The van der Waals surface area contributed by atoms with Gasteiger partial charge in [0.25, 0.3) is 0 Å². The van der Waals surface area contributed by atoms with E-state index in [1.54, 1.807) is 0 Å². The molecule has 4 heteroatoms. The number of nitrogens with one attached hydrogen (secondary N) is 2. The van der Waals surface area contributed by atoms with Crippen LogP contribution in [-0.4, -0.2) is 17.0 Å². The predicted octanol–water partition coefficient (Wildman–Crippen LogP) is 2.56. The third-order valence-electron chi connectivity index (χ3n) is 2.13. The summed E-state index contributed by atoms with van der Waals surface area (Å²) < 4.78 is 1.08. The number of aromatic amines is 1. The highest BCUT2D eigenvalue weighted by Gasteiger charge is 2.01. The van der Waals surface area contributed by atoms with E-state index in [1.807, 2.05) is 25.4 Å². The molecule has 0 amide bonds. The zero-order valence-electron chi connectivity index (χ0n) is 8.42. The molecular formula is C11H12BrN3. The van der Waals surface area contributed by atoms with Crippen LogP contribution in [0.2, 0.25) is 0 Å². The second kappa shape index (κ2) is 4.59. The molecule has 0 spiro atoms. The van der Waals surface area contributed by atoms with E-state index in [0.29, 0.717) is 0 Å². The monoisotopic (exact) mass is 265 g/mol. The number of hydrogen-bond donors (Lipinski definition) is 2. The molecule has 0 saturated heterocycles. The predicted molar refractivity (Wildman–Crippen MR) is 64.5 cm³/mol. The van der Waals surface area contributed by atoms with Gasteiger partial charge in [-0.15, -0.1) is 0 Å².